The Labute approximate surface area is 126 Å². The number of nitrogen functional groups attached to an aromatic ring is 1. The van der Waals surface area contributed by atoms with Crippen LogP contribution in [0.25, 0.3) is 0 Å². The Bertz CT molecular complexity index is 560. The van der Waals surface area contributed by atoms with Gasteiger partial charge in [-0.05, 0) is 31.2 Å². The van der Waals surface area contributed by atoms with Gasteiger partial charge in [-0.2, -0.15) is 0 Å². The smallest absolute Gasteiger partial charge is 0.123 e. The van der Waals surface area contributed by atoms with Gasteiger partial charge >= 0.3 is 0 Å². The van der Waals surface area contributed by atoms with E-state index in [1.165, 1.54) is 5.56 Å². The molecule has 0 aliphatic heterocycles. The molecule has 0 atom stereocenters. The van der Waals surface area contributed by atoms with Crippen LogP contribution in [0.3, 0.4) is 0 Å². The van der Waals surface area contributed by atoms with Crippen LogP contribution in [0.15, 0.2) is 51.8 Å². The lowest BCUT2D eigenvalue weighted by atomic mass is 10.2. The molecular weight excluding hydrogens is 322 g/mol. The molecule has 0 aliphatic rings. The highest BCUT2D eigenvalue weighted by Gasteiger charge is 2.06. The summed E-state index contributed by atoms with van der Waals surface area (Å²) in [7, 11) is 0. The summed E-state index contributed by atoms with van der Waals surface area (Å²) in [4.78, 5) is 1.08. The number of hydrogen-bond acceptors (Lipinski definition) is 3. The van der Waals surface area contributed by atoms with E-state index < -0.39 is 0 Å². The van der Waals surface area contributed by atoms with Crippen molar-refractivity contribution < 1.29 is 4.74 Å². The predicted molar refractivity (Wildman–Crippen MR) is 85.7 cm³/mol. The molecule has 0 saturated heterocycles. The lowest BCUT2D eigenvalue weighted by Gasteiger charge is -2.10. The van der Waals surface area contributed by atoms with Crippen LogP contribution in [0.2, 0.25) is 0 Å². The van der Waals surface area contributed by atoms with Crippen molar-refractivity contribution in [2.75, 3.05) is 12.3 Å². The second-order valence-electron chi connectivity index (χ2n) is 4.01. The highest BCUT2D eigenvalue weighted by Crippen LogP contribution is 2.33. The van der Waals surface area contributed by atoms with E-state index in [-0.39, 0.29) is 0 Å². The van der Waals surface area contributed by atoms with Crippen LogP contribution in [0.4, 0.5) is 5.69 Å². The van der Waals surface area contributed by atoms with Gasteiger partial charge in [-0.15, -0.1) is 11.8 Å². The minimum atomic E-state index is 0.681. The second kappa shape index (κ2) is 6.87. The van der Waals surface area contributed by atoms with E-state index in [1.54, 1.807) is 11.8 Å². The number of halogens is 1. The molecule has 0 fully saturated rings. The molecule has 0 aromatic heterocycles. The number of benzene rings is 2. The maximum absolute atomic E-state index is 5.98. The van der Waals surface area contributed by atoms with Crippen molar-refractivity contribution in [1.29, 1.82) is 0 Å². The van der Waals surface area contributed by atoms with Crippen molar-refractivity contribution >= 4 is 33.4 Å². The zero-order valence-electron chi connectivity index (χ0n) is 10.7. The van der Waals surface area contributed by atoms with Crippen LogP contribution in [0.1, 0.15) is 12.5 Å². The topological polar surface area (TPSA) is 35.2 Å². The molecule has 0 saturated carbocycles. The van der Waals surface area contributed by atoms with Gasteiger partial charge in [0.2, 0.25) is 0 Å². The first-order chi connectivity index (χ1) is 9.20. The zero-order chi connectivity index (χ0) is 13.7. The van der Waals surface area contributed by atoms with Crippen molar-refractivity contribution in [3.8, 4) is 5.75 Å². The molecule has 0 unspecified atom stereocenters. The summed E-state index contributed by atoms with van der Waals surface area (Å²) in [5.74, 6) is 1.79. The molecule has 0 amide bonds. The van der Waals surface area contributed by atoms with E-state index in [0.717, 1.165) is 26.6 Å². The van der Waals surface area contributed by atoms with Gasteiger partial charge < -0.3 is 10.5 Å². The molecule has 19 heavy (non-hydrogen) atoms. The third-order valence-corrected chi connectivity index (χ3v) is 4.24. The SMILES string of the molecule is CCOc1ccccc1CSc1cc(Br)ccc1N. The number of para-hydroxylation sites is 1. The first-order valence-electron chi connectivity index (χ1n) is 6.09. The monoisotopic (exact) mass is 337 g/mol. The maximum atomic E-state index is 5.98. The second-order valence-corrected chi connectivity index (χ2v) is 5.94. The Morgan fingerprint density at radius 3 is 2.79 bits per heavy atom. The third-order valence-electron chi connectivity index (χ3n) is 2.63. The zero-order valence-corrected chi connectivity index (χ0v) is 13.1. The van der Waals surface area contributed by atoms with E-state index in [4.69, 9.17) is 10.5 Å². The largest absolute Gasteiger partial charge is 0.494 e. The van der Waals surface area contributed by atoms with Crippen LogP contribution in [-0.4, -0.2) is 6.61 Å². The van der Waals surface area contributed by atoms with Crippen LogP contribution >= 0.6 is 27.7 Å². The molecule has 4 heteroatoms. The summed E-state index contributed by atoms with van der Waals surface area (Å²) < 4.78 is 6.67. The van der Waals surface area contributed by atoms with Crippen LogP contribution in [0, 0.1) is 0 Å². The summed E-state index contributed by atoms with van der Waals surface area (Å²) in [5.41, 5.74) is 7.97. The summed E-state index contributed by atoms with van der Waals surface area (Å²) in [6.45, 7) is 2.68. The van der Waals surface area contributed by atoms with Gasteiger partial charge in [0.1, 0.15) is 5.75 Å². The summed E-state index contributed by atoms with van der Waals surface area (Å²) in [5, 5.41) is 0. The molecule has 0 bridgehead atoms. The Hall–Kier alpha value is -1.13. The van der Waals surface area contributed by atoms with Gasteiger partial charge in [0.25, 0.3) is 0 Å². The molecule has 2 rings (SSSR count). The van der Waals surface area contributed by atoms with Gasteiger partial charge in [-0.3, -0.25) is 0 Å². The minimum absolute atomic E-state index is 0.681. The molecule has 0 spiro atoms. The molecule has 100 valence electrons. The molecule has 2 aromatic carbocycles. The minimum Gasteiger partial charge on any atom is -0.494 e. The normalized spacial score (nSPS) is 10.4. The van der Waals surface area contributed by atoms with E-state index in [1.807, 2.05) is 43.3 Å². The van der Waals surface area contributed by atoms with Gasteiger partial charge in [-0.1, -0.05) is 34.1 Å². The van der Waals surface area contributed by atoms with E-state index in [0.29, 0.717) is 6.61 Å². The van der Waals surface area contributed by atoms with Crippen molar-refractivity contribution in [2.24, 2.45) is 0 Å². The third kappa shape index (κ3) is 3.91. The number of anilines is 1. The van der Waals surface area contributed by atoms with E-state index in [9.17, 15) is 0 Å². The Morgan fingerprint density at radius 1 is 1.21 bits per heavy atom. The number of rotatable bonds is 5. The highest BCUT2D eigenvalue weighted by molar-refractivity contribution is 9.10. The molecule has 0 heterocycles. The number of ether oxygens (including phenoxy) is 1. The average Bonchev–Trinajstić information content (AvgIpc) is 2.42. The Balaban J connectivity index is 2.12. The maximum Gasteiger partial charge on any atom is 0.123 e. The fraction of sp³-hybridized carbons (Fsp3) is 0.200. The van der Waals surface area contributed by atoms with Crippen molar-refractivity contribution in [2.45, 2.75) is 17.6 Å². The molecule has 2 aromatic rings. The summed E-state index contributed by atoms with van der Waals surface area (Å²) in [6, 6.07) is 14.0. The number of hydrogen-bond donors (Lipinski definition) is 1. The highest BCUT2D eigenvalue weighted by atomic mass is 79.9. The fourth-order valence-electron chi connectivity index (χ4n) is 1.71. The fourth-order valence-corrected chi connectivity index (χ4v) is 3.22. The van der Waals surface area contributed by atoms with Gasteiger partial charge in [0.15, 0.2) is 0 Å². The van der Waals surface area contributed by atoms with Gasteiger partial charge in [0, 0.05) is 26.4 Å². The van der Waals surface area contributed by atoms with Crippen molar-refractivity contribution in [3.63, 3.8) is 0 Å². The van der Waals surface area contributed by atoms with Crippen LogP contribution in [0.5, 0.6) is 5.75 Å². The first kappa shape index (κ1) is 14.3. The Kier molecular flexibility index (Phi) is 5.16. The summed E-state index contributed by atoms with van der Waals surface area (Å²) in [6.07, 6.45) is 0. The molecule has 2 nitrogen and oxygen atoms in total. The Morgan fingerprint density at radius 2 is 2.00 bits per heavy atom. The lowest BCUT2D eigenvalue weighted by molar-refractivity contribution is 0.337. The standard InChI is InChI=1S/C15H16BrNOS/c1-2-18-14-6-4-3-5-11(14)10-19-15-9-12(16)7-8-13(15)17/h3-9H,2,10,17H2,1H3. The van der Waals surface area contributed by atoms with E-state index >= 15 is 0 Å². The quantitative estimate of drug-likeness (QED) is 0.633. The molecule has 0 aliphatic carbocycles. The predicted octanol–water partition coefficient (Wildman–Crippen LogP) is 4.72. The van der Waals surface area contributed by atoms with Gasteiger partial charge in [0.05, 0.1) is 6.61 Å². The van der Waals surface area contributed by atoms with Crippen LogP contribution in [-0.2, 0) is 5.75 Å². The van der Waals surface area contributed by atoms with Crippen LogP contribution < -0.4 is 10.5 Å². The van der Waals surface area contributed by atoms with E-state index in [2.05, 4.69) is 22.0 Å². The van der Waals surface area contributed by atoms with Gasteiger partial charge in [-0.25, -0.2) is 0 Å². The number of nitrogens with two attached hydrogens (primary N) is 1. The molecule has 2 N–H and O–H groups in total. The lowest BCUT2D eigenvalue weighted by Crippen LogP contribution is -1.95. The van der Waals surface area contributed by atoms with Crippen molar-refractivity contribution in [3.05, 3.63) is 52.5 Å². The van der Waals surface area contributed by atoms with Crippen molar-refractivity contribution in [1.82, 2.24) is 0 Å². The molecule has 0 radical (unpaired) electrons. The number of thioether (sulfide) groups is 1. The first-order valence-corrected chi connectivity index (χ1v) is 7.87. The molecular formula is C15H16BrNOS. The summed E-state index contributed by atoms with van der Waals surface area (Å²) >= 11 is 5.19. The average molecular weight is 338 g/mol.